The summed E-state index contributed by atoms with van der Waals surface area (Å²) in [6, 6.07) is -0.330. The first-order valence-corrected chi connectivity index (χ1v) is 5.03. The van der Waals surface area contributed by atoms with Gasteiger partial charge in [-0.2, -0.15) is 0 Å². The molecule has 0 heterocycles. The number of carbonyl (C=O) groups is 1. The second-order valence-corrected chi connectivity index (χ2v) is 4.43. The predicted octanol–water partition coefficient (Wildman–Crippen LogP) is 0.838. The monoisotopic (exact) mass is 184 g/mol. The fourth-order valence-corrected chi connectivity index (χ4v) is 1.32. The van der Waals surface area contributed by atoms with E-state index in [-0.39, 0.29) is 17.9 Å². The lowest BCUT2D eigenvalue weighted by atomic mass is 10.0. The maximum Gasteiger partial charge on any atom is 0.239 e. The van der Waals surface area contributed by atoms with Crippen LogP contribution in [-0.2, 0) is 4.79 Å². The first-order chi connectivity index (χ1) is 6.02. The summed E-state index contributed by atoms with van der Waals surface area (Å²) in [5, 5.41) is 0. The topological polar surface area (TPSA) is 46.3 Å². The molecule has 3 heteroatoms. The number of nitrogens with zero attached hydrogens (tertiary/aromatic N) is 1. The first-order valence-electron chi connectivity index (χ1n) is 5.03. The molecule has 0 radical (unpaired) electrons. The Kier molecular flexibility index (Phi) is 3.31. The molecule has 1 fully saturated rings. The summed E-state index contributed by atoms with van der Waals surface area (Å²) in [4.78, 5) is 13.4. The van der Waals surface area contributed by atoms with E-state index in [2.05, 4.69) is 0 Å². The lowest BCUT2D eigenvalue weighted by Crippen LogP contribution is -2.45. The highest BCUT2D eigenvalue weighted by molar-refractivity contribution is 5.81. The predicted molar refractivity (Wildman–Crippen MR) is 53.2 cm³/mol. The second kappa shape index (κ2) is 4.09. The van der Waals surface area contributed by atoms with E-state index in [0.717, 1.165) is 12.5 Å². The van der Waals surface area contributed by atoms with Crippen molar-refractivity contribution in [1.82, 2.24) is 4.90 Å². The van der Waals surface area contributed by atoms with Crippen molar-refractivity contribution in [1.29, 1.82) is 0 Å². The first kappa shape index (κ1) is 10.5. The van der Waals surface area contributed by atoms with Crippen LogP contribution in [0.4, 0.5) is 0 Å². The van der Waals surface area contributed by atoms with Crippen molar-refractivity contribution in [2.24, 2.45) is 17.6 Å². The average molecular weight is 184 g/mol. The third kappa shape index (κ3) is 2.99. The van der Waals surface area contributed by atoms with Gasteiger partial charge in [0, 0.05) is 13.6 Å². The van der Waals surface area contributed by atoms with Crippen LogP contribution < -0.4 is 5.73 Å². The Balaban J connectivity index is 2.35. The van der Waals surface area contributed by atoms with Gasteiger partial charge in [0.25, 0.3) is 0 Å². The van der Waals surface area contributed by atoms with Gasteiger partial charge < -0.3 is 10.6 Å². The van der Waals surface area contributed by atoms with Crippen molar-refractivity contribution in [2.45, 2.75) is 32.7 Å². The van der Waals surface area contributed by atoms with Crippen LogP contribution >= 0.6 is 0 Å². The summed E-state index contributed by atoms with van der Waals surface area (Å²) in [5.74, 6) is 1.06. The van der Waals surface area contributed by atoms with Gasteiger partial charge in [-0.1, -0.05) is 13.8 Å². The van der Waals surface area contributed by atoms with E-state index < -0.39 is 0 Å². The number of likely N-dealkylation sites (N-methyl/N-ethyl adjacent to an activating group) is 1. The summed E-state index contributed by atoms with van der Waals surface area (Å²) in [6.45, 7) is 4.85. The zero-order valence-corrected chi connectivity index (χ0v) is 8.79. The van der Waals surface area contributed by atoms with Crippen LogP contribution in [0.2, 0.25) is 0 Å². The molecular weight excluding hydrogens is 164 g/mol. The van der Waals surface area contributed by atoms with Crippen molar-refractivity contribution in [2.75, 3.05) is 13.6 Å². The number of hydrogen-bond donors (Lipinski definition) is 1. The number of hydrogen-bond acceptors (Lipinski definition) is 2. The van der Waals surface area contributed by atoms with E-state index >= 15 is 0 Å². The second-order valence-electron chi connectivity index (χ2n) is 4.43. The minimum atomic E-state index is -0.330. The molecule has 0 aromatic carbocycles. The fourth-order valence-electron chi connectivity index (χ4n) is 1.32. The molecule has 0 aromatic rings. The third-order valence-electron chi connectivity index (χ3n) is 2.61. The molecule has 1 amide bonds. The number of rotatable bonds is 4. The molecule has 0 aromatic heterocycles. The molecule has 1 saturated carbocycles. The summed E-state index contributed by atoms with van der Waals surface area (Å²) >= 11 is 0. The molecule has 13 heavy (non-hydrogen) atoms. The largest absolute Gasteiger partial charge is 0.344 e. The highest BCUT2D eigenvalue weighted by Gasteiger charge is 2.27. The highest BCUT2D eigenvalue weighted by atomic mass is 16.2. The SMILES string of the molecule is CC(C)C(N)C(=O)N(C)CC1CC1. The third-order valence-corrected chi connectivity index (χ3v) is 2.61. The van der Waals surface area contributed by atoms with E-state index in [1.54, 1.807) is 4.90 Å². The van der Waals surface area contributed by atoms with E-state index in [1.807, 2.05) is 20.9 Å². The zero-order chi connectivity index (χ0) is 10.0. The van der Waals surface area contributed by atoms with Gasteiger partial charge in [0.1, 0.15) is 0 Å². The number of amides is 1. The molecule has 1 aliphatic rings. The Bertz CT molecular complexity index is 187. The molecule has 2 N–H and O–H groups in total. The van der Waals surface area contributed by atoms with Gasteiger partial charge in [0.15, 0.2) is 0 Å². The van der Waals surface area contributed by atoms with Crippen LogP contribution in [0.1, 0.15) is 26.7 Å². The van der Waals surface area contributed by atoms with Crippen molar-refractivity contribution >= 4 is 5.91 Å². The van der Waals surface area contributed by atoms with Gasteiger partial charge in [0.2, 0.25) is 5.91 Å². The van der Waals surface area contributed by atoms with Gasteiger partial charge in [-0.25, -0.2) is 0 Å². The van der Waals surface area contributed by atoms with E-state index in [4.69, 9.17) is 5.73 Å². The maximum atomic E-state index is 11.6. The van der Waals surface area contributed by atoms with Crippen molar-refractivity contribution in [3.63, 3.8) is 0 Å². The van der Waals surface area contributed by atoms with Crippen LogP contribution in [-0.4, -0.2) is 30.4 Å². The van der Waals surface area contributed by atoms with E-state index in [9.17, 15) is 4.79 Å². The Morgan fingerprint density at radius 2 is 2.08 bits per heavy atom. The van der Waals surface area contributed by atoms with Crippen LogP contribution in [0.5, 0.6) is 0 Å². The normalized spacial score (nSPS) is 18.8. The Hall–Kier alpha value is -0.570. The Morgan fingerprint density at radius 1 is 1.54 bits per heavy atom. The molecule has 0 bridgehead atoms. The Morgan fingerprint density at radius 3 is 2.46 bits per heavy atom. The van der Waals surface area contributed by atoms with Gasteiger partial charge in [0.05, 0.1) is 6.04 Å². The average Bonchev–Trinajstić information content (AvgIpc) is 2.85. The summed E-state index contributed by atoms with van der Waals surface area (Å²) in [6.07, 6.45) is 2.54. The molecule has 0 saturated heterocycles. The molecule has 1 atom stereocenters. The van der Waals surface area contributed by atoms with Crippen LogP contribution in [0.25, 0.3) is 0 Å². The minimum Gasteiger partial charge on any atom is -0.344 e. The lowest BCUT2D eigenvalue weighted by Gasteiger charge is -2.23. The summed E-state index contributed by atoms with van der Waals surface area (Å²) < 4.78 is 0. The Labute approximate surface area is 80.3 Å². The molecule has 1 rings (SSSR count). The molecular formula is C10H20N2O. The molecule has 1 aliphatic carbocycles. The standard InChI is InChI=1S/C10H20N2O/c1-7(2)9(11)10(13)12(3)6-8-4-5-8/h7-9H,4-6,11H2,1-3H3. The summed E-state index contributed by atoms with van der Waals surface area (Å²) in [7, 11) is 1.85. The quantitative estimate of drug-likeness (QED) is 0.703. The molecule has 3 nitrogen and oxygen atoms in total. The van der Waals surface area contributed by atoms with Gasteiger partial charge >= 0.3 is 0 Å². The van der Waals surface area contributed by atoms with Gasteiger partial charge in [-0.05, 0) is 24.7 Å². The fraction of sp³-hybridized carbons (Fsp3) is 0.900. The van der Waals surface area contributed by atoms with Gasteiger partial charge in [-0.15, -0.1) is 0 Å². The van der Waals surface area contributed by atoms with Crippen molar-refractivity contribution in [3.05, 3.63) is 0 Å². The van der Waals surface area contributed by atoms with E-state index in [0.29, 0.717) is 0 Å². The molecule has 76 valence electrons. The van der Waals surface area contributed by atoms with Crippen LogP contribution in [0.15, 0.2) is 0 Å². The number of nitrogens with two attached hydrogens (primary N) is 1. The van der Waals surface area contributed by atoms with Gasteiger partial charge in [-0.3, -0.25) is 4.79 Å². The highest BCUT2D eigenvalue weighted by Crippen LogP contribution is 2.29. The van der Waals surface area contributed by atoms with E-state index in [1.165, 1.54) is 12.8 Å². The maximum absolute atomic E-state index is 11.6. The number of carbonyl (C=O) groups excluding carboxylic acids is 1. The lowest BCUT2D eigenvalue weighted by molar-refractivity contribution is -0.132. The smallest absolute Gasteiger partial charge is 0.239 e. The molecule has 0 spiro atoms. The van der Waals surface area contributed by atoms with Crippen LogP contribution in [0, 0.1) is 11.8 Å². The summed E-state index contributed by atoms with van der Waals surface area (Å²) in [5.41, 5.74) is 5.77. The van der Waals surface area contributed by atoms with Crippen LogP contribution in [0.3, 0.4) is 0 Å². The zero-order valence-electron chi connectivity index (χ0n) is 8.79. The van der Waals surface area contributed by atoms with Crippen molar-refractivity contribution < 1.29 is 4.79 Å². The minimum absolute atomic E-state index is 0.0851. The van der Waals surface area contributed by atoms with Crippen molar-refractivity contribution in [3.8, 4) is 0 Å². The molecule has 0 aliphatic heterocycles. The molecule has 1 unspecified atom stereocenters.